The normalized spacial score (nSPS) is 10.8. The molecule has 0 aliphatic carbocycles. The summed E-state index contributed by atoms with van der Waals surface area (Å²) < 4.78 is 4.05. The maximum atomic E-state index is 4.43. The number of hydrogen-bond acceptors (Lipinski definition) is 3. The van der Waals surface area contributed by atoms with E-state index in [1.807, 2.05) is 21.7 Å². The first-order chi connectivity index (χ1) is 9.35. The van der Waals surface area contributed by atoms with Crippen molar-refractivity contribution in [1.29, 1.82) is 0 Å². The maximum absolute atomic E-state index is 4.43. The Kier molecular flexibility index (Phi) is 3.37. The molecule has 0 aliphatic rings. The highest BCUT2D eigenvalue weighted by atomic mass is 32.2. The zero-order valence-electron chi connectivity index (χ0n) is 10.6. The van der Waals surface area contributed by atoms with Gasteiger partial charge in [-0.25, -0.2) is 9.97 Å². The summed E-state index contributed by atoms with van der Waals surface area (Å²) in [5.74, 6) is 0. The van der Waals surface area contributed by atoms with Crippen LogP contribution in [0.4, 0.5) is 0 Å². The van der Waals surface area contributed by atoms with Crippen LogP contribution in [0.1, 0.15) is 5.69 Å². The second-order valence-corrected chi connectivity index (χ2v) is 5.09. The molecule has 0 fully saturated rings. The van der Waals surface area contributed by atoms with Gasteiger partial charge >= 0.3 is 0 Å². The molecule has 0 aliphatic heterocycles. The van der Waals surface area contributed by atoms with Gasteiger partial charge in [0.25, 0.3) is 0 Å². The highest BCUT2D eigenvalue weighted by molar-refractivity contribution is 7.98. The summed E-state index contributed by atoms with van der Waals surface area (Å²) in [5, 5.41) is 0. The number of aromatic nitrogens is 4. The van der Waals surface area contributed by atoms with Crippen LogP contribution >= 0.6 is 11.8 Å². The molecule has 0 spiro atoms. The quantitative estimate of drug-likeness (QED) is 0.684. The standard InChI is InChI=1S/C14H14N4S/c1-19-14-4-2-3-13(7-14)18-9-12(16-11-18)8-17-6-5-15-10-17/h2-7,9-11H,8H2,1H3. The number of nitrogens with zero attached hydrogens (tertiary/aromatic N) is 4. The number of hydrogen-bond donors (Lipinski definition) is 0. The first-order valence-electron chi connectivity index (χ1n) is 5.98. The molecular weight excluding hydrogens is 256 g/mol. The van der Waals surface area contributed by atoms with Crippen LogP contribution in [0.2, 0.25) is 0 Å². The van der Waals surface area contributed by atoms with Crippen molar-refractivity contribution in [1.82, 2.24) is 19.1 Å². The number of thioether (sulfide) groups is 1. The topological polar surface area (TPSA) is 35.6 Å². The van der Waals surface area contributed by atoms with Crippen molar-refractivity contribution in [2.24, 2.45) is 0 Å². The average molecular weight is 270 g/mol. The molecule has 0 atom stereocenters. The Labute approximate surface area is 116 Å². The maximum Gasteiger partial charge on any atom is 0.0996 e. The second-order valence-electron chi connectivity index (χ2n) is 4.21. The second kappa shape index (κ2) is 5.32. The molecule has 1 aromatic carbocycles. The van der Waals surface area contributed by atoms with E-state index >= 15 is 0 Å². The van der Waals surface area contributed by atoms with Crippen molar-refractivity contribution in [3.63, 3.8) is 0 Å². The van der Waals surface area contributed by atoms with Crippen molar-refractivity contribution in [3.8, 4) is 5.69 Å². The Balaban J connectivity index is 1.84. The van der Waals surface area contributed by atoms with Crippen LogP contribution in [-0.4, -0.2) is 25.4 Å². The van der Waals surface area contributed by atoms with E-state index in [1.165, 1.54) is 4.90 Å². The number of imidazole rings is 2. The third-order valence-corrected chi connectivity index (χ3v) is 3.62. The van der Waals surface area contributed by atoms with Gasteiger partial charge in [0.1, 0.15) is 0 Å². The molecule has 0 unspecified atom stereocenters. The van der Waals surface area contributed by atoms with Gasteiger partial charge in [0.2, 0.25) is 0 Å². The van der Waals surface area contributed by atoms with Gasteiger partial charge in [0.15, 0.2) is 0 Å². The Hall–Kier alpha value is -2.01. The summed E-state index contributed by atoms with van der Waals surface area (Å²) >= 11 is 1.74. The monoisotopic (exact) mass is 270 g/mol. The fourth-order valence-corrected chi connectivity index (χ4v) is 2.38. The van der Waals surface area contributed by atoms with Crippen LogP contribution < -0.4 is 0 Å². The molecular formula is C14H14N4S. The van der Waals surface area contributed by atoms with Crippen LogP contribution in [-0.2, 0) is 6.54 Å². The SMILES string of the molecule is CSc1cccc(-n2cnc(Cn3ccnc3)c2)c1. The van der Waals surface area contributed by atoms with E-state index < -0.39 is 0 Å². The van der Waals surface area contributed by atoms with Crippen molar-refractivity contribution >= 4 is 11.8 Å². The Morgan fingerprint density at radius 3 is 3.00 bits per heavy atom. The summed E-state index contributed by atoms with van der Waals surface area (Å²) in [5.41, 5.74) is 2.16. The fourth-order valence-electron chi connectivity index (χ4n) is 1.92. The lowest BCUT2D eigenvalue weighted by Crippen LogP contribution is -1.96. The Bertz CT molecular complexity index is 658. The smallest absolute Gasteiger partial charge is 0.0996 e. The molecule has 19 heavy (non-hydrogen) atoms. The third kappa shape index (κ3) is 2.71. The van der Waals surface area contributed by atoms with Crippen LogP contribution in [0.5, 0.6) is 0 Å². The van der Waals surface area contributed by atoms with Crippen molar-refractivity contribution in [2.75, 3.05) is 6.26 Å². The lowest BCUT2D eigenvalue weighted by Gasteiger charge is -2.03. The molecule has 2 heterocycles. The summed E-state index contributed by atoms with van der Waals surface area (Å²) in [6.45, 7) is 0.745. The molecule has 0 saturated carbocycles. The van der Waals surface area contributed by atoms with Gasteiger partial charge in [0.05, 0.1) is 24.9 Å². The van der Waals surface area contributed by atoms with Gasteiger partial charge in [0, 0.05) is 29.2 Å². The van der Waals surface area contributed by atoms with E-state index in [2.05, 4.69) is 46.7 Å². The number of benzene rings is 1. The Morgan fingerprint density at radius 2 is 2.21 bits per heavy atom. The predicted octanol–water partition coefficient (Wildman–Crippen LogP) is 2.84. The van der Waals surface area contributed by atoms with Crippen molar-refractivity contribution in [3.05, 3.63) is 61.2 Å². The van der Waals surface area contributed by atoms with E-state index in [9.17, 15) is 0 Å². The molecule has 5 heteroatoms. The zero-order valence-corrected chi connectivity index (χ0v) is 11.4. The predicted molar refractivity (Wildman–Crippen MR) is 76.7 cm³/mol. The van der Waals surface area contributed by atoms with E-state index in [1.54, 1.807) is 24.3 Å². The van der Waals surface area contributed by atoms with Gasteiger partial charge < -0.3 is 9.13 Å². The van der Waals surface area contributed by atoms with Gasteiger partial charge in [-0.2, -0.15) is 0 Å². The minimum atomic E-state index is 0.745. The van der Waals surface area contributed by atoms with Gasteiger partial charge in [-0.3, -0.25) is 0 Å². The van der Waals surface area contributed by atoms with E-state index in [4.69, 9.17) is 0 Å². The molecule has 0 bridgehead atoms. The van der Waals surface area contributed by atoms with Crippen molar-refractivity contribution < 1.29 is 0 Å². The molecule has 0 N–H and O–H groups in total. The van der Waals surface area contributed by atoms with Crippen molar-refractivity contribution in [2.45, 2.75) is 11.4 Å². The largest absolute Gasteiger partial charge is 0.331 e. The molecule has 0 radical (unpaired) electrons. The molecule has 2 aromatic heterocycles. The van der Waals surface area contributed by atoms with E-state index in [0.717, 1.165) is 17.9 Å². The summed E-state index contributed by atoms with van der Waals surface area (Å²) in [6, 6.07) is 8.42. The Morgan fingerprint density at radius 1 is 1.26 bits per heavy atom. The fraction of sp³-hybridized carbons (Fsp3) is 0.143. The minimum Gasteiger partial charge on any atom is -0.331 e. The summed E-state index contributed by atoms with van der Waals surface area (Å²) in [4.78, 5) is 9.71. The first-order valence-corrected chi connectivity index (χ1v) is 7.20. The highest BCUT2D eigenvalue weighted by Crippen LogP contribution is 2.18. The zero-order chi connectivity index (χ0) is 13.1. The third-order valence-electron chi connectivity index (χ3n) is 2.89. The summed E-state index contributed by atoms with van der Waals surface area (Å²) in [6.07, 6.45) is 11.5. The van der Waals surface area contributed by atoms with Crippen LogP contribution in [0.3, 0.4) is 0 Å². The lowest BCUT2D eigenvalue weighted by molar-refractivity contribution is 0.778. The van der Waals surface area contributed by atoms with Crippen LogP contribution in [0, 0.1) is 0 Å². The first kappa shape index (κ1) is 12.0. The van der Waals surface area contributed by atoms with E-state index in [-0.39, 0.29) is 0 Å². The van der Waals surface area contributed by atoms with Gasteiger partial charge in [-0.15, -0.1) is 11.8 Å². The number of rotatable bonds is 4. The molecule has 0 saturated heterocycles. The molecule has 96 valence electrons. The highest BCUT2D eigenvalue weighted by Gasteiger charge is 2.02. The molecule has 3 aromatic rings. The van der Waals surface area contributed by atoms with Gasteiger partial charge in [-0.1, -0.05) is 6.07 Å². The average Bonchev–Trinajstić information content (AvgIpc) is 3.11. The molecule has 3 rings (SSSR count). The summed E-state index contributed by atoms with van der Waals surface area (Å²) in [7, 11) is 0. The molecule has 4 nitrogen and oxygen atoms in total. The lowest BCUT2D eigenvalue weighted by atomic mass is 10.3. The molecule has 0 amide bonds. The minimum absolute atomic E-state index is 0.745. The van der Waals surface area contributed by atoms with Crippen LogP contribution in [0.25, 0.3) is 5.69 Å². The van der Waals surface area contributed by atoms with E-state index in [0.29, 0.717) is 0 Å². The van der Waals surface area contributed by atoms with Crippen LogP contribution in [0.15, 0.2) is 60.4 Å². The van der Waals surface area contributed by atoms with Gasteiger partial charge in [-0.05, 0) is 24.5 Å².